The minimum Gasteiger partial charge on any atom is -0.468 e. The van der Waals surface area contributed by atoms with E-state index in [1.165, 1.54) is 0 Å². The van der Waals surface area contributed by atoms with E-state index in [9.17, 15) is 8.42 Å². The monoisotopic (exact) mass is 279 g/mol. The van der Waals surface area contributed by atoms with Crippen LogP contribution in [0.15, 0.2) is 41.1 Å². The van der Waals surface area contributed by atoms with Crippen LogP contribution in [0.4, 0.5) is 0 Å². The van der Waals surface area contributed by atoms with Gasteiger partial charge in [0.25, 0.3) is 10.0 Å². The third-order valence-corrected chi connectivity index (χ3v) is 5.09. The third kappa shape index (κ3) is 2.34. The molecule has 1 fully saturated rings. The normalized spacial score (nSPS) is 20.6. The maximum absolute atomic E-state index is 12.1. The number of sulfonamides is 1. The Morgan fingerprint density at radius 3 is 2.32 bits per heavy atom. The lowest BCUT2D eigenvalue weighted by Crippen LogP contribution is -2.41. The topological polar surface area (TPSA) is 55.4 Å². The van der Waals surface area contributed by atoms with Gasteiger partial charge in [-0.3, -0.25) is 0 Å². The van der Waals surface area contributed by atoms with Crippen molar-refractivity contribution in [3.05, 3.63) is 41.8 Å². The van der Waals surface area contributed by atoms with E-state index in [1.807, 2.05) is 13.0 Å². The molecular formula is C14H17NO3S. The second-order valence-electron chi connectivity index (χ2n) is 5.30. The van der Waals surface area contributed by atoms with Gasteiger partial charge in [-0.1, -0.05) is 17.7 Å². The highest BCUT2D eigenvalue weighted by Gasteiger charge is 2.42. The summed E-state index contributed by atoms with van der Waals surface area (Å²) in [4.78, 5) is 0.259. The standard InChI is InChI=1S/C14H17NO3S/c1-11-4-6-12(7-5-11)19(16,17)15-13-10-14(18-13)8-2-3-9-14/h4-7,10,15H,2-3,8-9H2,1H3. The number of benzene rings is 1. The van der Waals surface area contributed by atoms with E-state index in [0.717, 1.165) is 31.2 Å². The van der Waals surface area contributed by atoms with Gasteiger partial charge < -0.3 is 4.74 Å². The fourth-order valence-corrected chi connectivity index (χ4v) is 3.62. The molecule has 0 aromatic heterocycles. The lowest BCUT2D eigenvalue weighted by atomic mass is 9.98. The molecule has 1 aromatic rings. The summed E-state index contributed by atoms with van der Waals surface area (Å²) in [7, 11) is -3.53. The summed E-state index contributed by atoms with van der Waals surface area (Å²) >= 11 is 0. The Morgan fingerprint density at radius 2 is 1.74 bits per heavy atom. The predicted molar refractivity (Wildman–Crippen MR) is 71.9 cm³/mol. The third-order valence-electron chi connectivity index (χ3n) is 3.72. The summed E-state index contributed by atoms with van der Waals surface area (Å²) in [6, 6.07) is 6.76. The summed E-state index contributed by atoms with van der Waals surface area (Å²) < 4.78 is 32.4. The molecule has 19 heavy (non-hydrogen) atoms. The van der Waals surface area contributed by atoms with Crippen molar-refractivity contribution in [3.63, 3.8) is 0 Å². The van der Waals surface area contributed by atoms with Gasteiger partial charge in [-0.05, 0) is 44.7 Å². The SMILES string of the molecule is Cc1ccc(S(=O)(=O)NC2=CC3(CCCC3)O2)cc1. The fraction of sp³-hybridized carbons (Fsp3) is 0.429. The van der Waals surface area contributed by atoms with Gasteiger partial charge in [0.2, 0.25) is 5.88 Å². The average molecular weight is 279 g/mol. The molecule has 0 saturated heterocycles. The number of rotatable bonds is 3. The summed E-state index contributed by atoms with van der Waals surface area (Å²) in [5.41, 5.74) is 0.841. The molecule has 1 N–H and O–H groups in total. The van der Waals surface area contributed by atoms with Crippen molar-refractivity contribution in [2.75, 3.05) is 0 Å². The van der Waals surface area contributed by atoms with Gasteiger partial charge >= 0.3 is 0 Å². The van der Waals surface area contributed by atoms with Gasteiger partial charge in [-0.2, -0.15) is 0 Å². The summed E-state index contributed by atoms with van der Waals surface area (Å²) in [6.45, 7) is 1.92. The highest BCUT2D eigenvalue weighted by Crippen LogP contribution is 2.42. The van der Waals surface area contributed by atoms with Crippen molar-refractivity contribution >= 4 is 10.0 Å². The molecule has 0 bridgehead atoms. The second kappa shape index (κ2) is 4.27. The van der Waals surface area contributed by atoms with Gasteiger partial charge in [0.1, 0.15) is 5.60 Å². The molecule has 1 aliphatic heterocycles. The molecule has 1 spiro atoms. The zero-order valence-corrected chi connectivity index (χ0v) is 11.7. The Balaban J connectivity index is 1.75. The minimum absolute atomic E-state index is 0.189. The Morgan fingerprint density at radius 1 is 1.16 bits per heavy atom. The van der Waals surface area contributed by atoms with Crippen molar-refractivity contribution in [1.29, 1.82) is 0 Å². The van der Waals surface area contributed by atoms with Crippen LogP contribution >= 0.6 is 0 Å². The molecule has 0 atom stereocenters. The van der Waals surface area contributed by atoms with E-state index in [-0.39, 0.29) is 10.5 Å². The van der Waals surface area contributed by atoms with Crippen molar-refractivity contribution in [2.45, 2.75) is 43.1 Å². The summed E-state index contributed by atoms with van der Waals surface area (Å²) in [5, 5.41) is 0. The van der Waals surface area contributed by atoms with Crippen LogP contribution in [0.25, 0.3) is 0 Å². The van der Waals surface area contributed by atoms with Crippen molar-refractivity contribution in [3.8, 4) is 0 Å². The zero-order chi connectivity index (χ0) is 13.5. The van der Waals surface area contributed by atoms with Crippen LogP contribution in [0.3, 0.4) is 0 Å². The van der Waals surface area contributed by atoms with Crippen molar-refractivity contribution < 1.29 is 13.2 Å². The van der Waals surface area contributed by atoms with Gasteiger partial charge in [0, 0.05) is 6.08 Å². The smallest absolute Gasteiger partial charge is 0.264 e. The molecule has 102 valence electrons. The first-order chi connectivity index (χ1) is 8.99. The van der Waals surface area contributed by atoms with Gasteiger partial charge in [-0.15, -0.1) is 0 Å². The highest BCUT2D eigenvalue weighted by atomic mass is 32.2. The Hall–Kier alpha value is -1.49. The van der Waals surface area contributed by atoms with Crippen LogP contribution in [0, 0.1) is 6.92 Å². The number of hydrogen-bond acceptors (Lipinski definition) is 3. The molecule has 1 heterocycles. The quantitative estimate of drug-likeness (QED) is 0.924. The fourth-order valence-electron chi connectivity index (χ4n) is 2.64. The Kier molecular flexibility index (Phi) is 2.82. The van der Waals surface area contributed by atoms with Crippen LogP contribution < -0.4 is 4.72 Å². The number of ether oxygens (including phenoxy) is 1. The molecule has 3 rings (SSSR count). The number of aryl methyl sites for hydroxylation is 1. The number of hydrogen-bond donors (Lipinski definition) is 1. The second-order valence-corrected chi connectivity index (χ2v) is 6.98. The Labute approximate surface area is 113 Å². The lowest BCUT2D eigenvalue weighted by molar-refractivity contribution is -0.00461. The van der Waals surface area contributed by atoms with Gasteiger partial charge in [-0.25, -0.2) is 13.1 Å². The first-order valence-electron chi connectivity index (χ1n) is 6.51. The van der Waals surface area contributed by atoms with E-state index in [2.05, 4.69) is 4.72 Å². The molecule has 2 aliphatic rings. The van der Waals surface area contributed by atoms with E-state index in [0.29, 0.717) is 5.88 Å². The highest BCUT2D eigenvalue weighted by molar-refractivity contribution is 7.89. The molecule has 4 nitrogen and oxygen atoms in total. The first-order valence-corrected chi connectivity index (χ1v) is 7.99. The molecule has 1 aliphatic carbocycles. The maximum Gasteiger partial charge on any atom is 0.264 e. The molecular weight excluding hydrogens is 262 g/mol. The average Bonchev–Trinajstić information content (AvgIpc) is 2.78. The van der Waals surface area contributed by atoms with Crippen LogP contribution in [0.2, 0.25) is 0 Å². The van der Waals surface area contributed by atoms with Gasteiger partial charge in [0.05, 0.1) is 4.90 Å². The van der Waals surface area contributed by atoms with Crippen LogP contribution in [0.1, 0.15) is 31.2 Å². The van der Waals surface area contributed by atoms with Crippen molar-refractivity contribution in [1.82, 2.24) is 4.72 Å². The maximum atomic E-state index is 12.1. The summed E-state index contributed by atoms with van der Waals surface area (Å²) in [5.74, 6) is 0.363. The van der Waals surface area contributed by atoms with E-state index < -0.39 is 10.0 Å². The minimum atomic E-state index is -3.53. The zero-order valence-electron chi connectivity index (χ0n) is 10.8. The molecule has 0 unspecified atom stereocenters. The van der Waals surface area contributed by atoms with Crippen LogP contribution in [-0.2, 0) is 14.8 Å². The molecule has 1 aromatic carbocycles. The van der Waals surface area contributed by atoms with Gasteiger partial charge in [0.15, 0.2) is 0 Å². The summed E-state index contributed by atoms with van der Waals surface area (Å²) in [6.07, 6.45) is 6.18. The number of nitrogens with one attached hydrogen (secondary N) is 1. The molecule has 1 saturated carbocycles. The molecule has 5 heteroatoms. The Bertz CT molecular complexity index is 611. The first kappa shape index (κ1) is 12.5. The molecule has 0 amide bonds. The van der Waals surface area contributed by atoms with E-state index in [1.54, 1.807) is 24.3 Å². The van der Waals surface area contributed by atoms with Crippen molar-refractivity contribution in [2.24, 2.45) is 0 Å². The predicted octanol–water partition coefficient (Wildman–Crippen LogP) is 2.46. The van der Waals surface area contributed by atoms with E-state index >= 15 is 0 Å². The largest absolute Gasteiger partial charge is 0.468 e. The van der Waals surface area contributed by atoms with E-state index in [4.69, 9.17) is 4.74 Å². The van der Waals surface area contributed by atoms with Crippen LogP contribution in [-0.4, -0.2) is 14.0 Å². The van der Waals surface area contributed by atoms with Crippen LogP contribution in [0.5, 0.6) is 0 Å². The molecule has 0 radical (unpaired) electrons. The lowest BCUT2D eigenvalue weighted by Gasteiger charge is -2.37.